The van der Waals surface area contributed by atoms with Gasteiger partial charge in [-0.3, -0.25) is 9.59 Å². The summed E-state index contributed by atoms with van der Waals surface area (Å²) < 4.78 is 0. The second-order valence-corrected chi connectivity index (χ2v) is 5.31. The summed E-state index contributed by atoms with van der Waals surface area (Å²) >= 11 is 1.57. The zero-order valence-corrected chi connectivity index (χ0v) is 11.8. The molecule has 2 rings (SSSR count). The van der Waals surface area contributed by atoms with Crippen LogP contribution >= 0.6 is 11.3 Å². The fourth-order valence-electron chi connectivity index (χ4n) is 1.93. The van der Waals surface area contributed by atoms with E-state index in [1.165, 1.54) is 0 Å². The van der Waals surface area contributed by atoms with Crippen LogP contribution in [0.2, 0.25) is 0 Å². The van der Waals surface area contributed by atoms with Crippen molar-refractivity contribution in [3.8, 4) is 0 Å². The highest BCUT2D eigenvalue weighted by Crippen LogP contribution is 2.07. The second kappa shape index (κ2) is 5.84. The number of pyridine rings is 1. The van der Waals surface area contributed by atoms with Crippen molar-refractivity contribution in [2.24, 2.45) is 0 Å². The molecule has 0 aromatic carbocycles. The van der Waals surface area contributed by atoms with Gasteiger partial charge in [-0.1, -0.05) is 0 Å². The average molecular weight is 276 g/mol. The van der Waals surface area contributed by atoms with E-state index in [2.05, 4.69) is 10.3 Å². The molecule has 1 amide bonds. The molecule has 0 radical (unpaired) electrons. The van der Waals surface area contributed by atoms with Gasteiger partial charge in [0, 0.05) is 17.8 Å². The quantitative estimate of drug-likeness (QED) is 0.896. The molecule has 0 bridgehead atoms. The van der Waals surface area contributed by atoms with Crippen molar-refractivity contribution in [3.05, 3.63) is 55.6 Å². The van der Waals surface area contributed by atoms with Crippen LogP contribution in [0.3, 0.4) is 0 Å². The molecular formula is C14H16N2O2S. The standard InChI is InChI=1S/C14H16N2O2S/c1-9-5-10(2)16-14(18)12(9)7-15-13(17)6-11-3-4-19-8-11/h3-5,8H,6-7H2,1-2H3,(H,15,17)(H,16,18). The smallest absolute Gasteiger partial charge is 0.253 e. The molecule has 5 heteroatoms. The Labute approximate surface area is 115 Å². The van der Waals surface area contributed by atoms with Crippen LogP contribution in [0.4, 0.5) is 0 Å². The van der Waals surface area contributed by atoms with Crippen LogP contribution in [0.1, 0.15) is 22.4 Å². The molecule has 2 aromatic rings. The number of carbonyl (C=O) groups excluding carboxylic acids is 1. The first kappa shape index (κ1) is 13.5. The molecule has 0 aliphatic rings. The molecule has 2 aromatic heterocycles. The SMILES string of the molecule is Cc1cc(C)c(CNC(=O)Cc2ccsc2)c(=O)[nH]1. The minimum absolute atomic E-state index is 0.0715. The van der Waals surface area contributed by atoms with Gasteiger partial charge in [0.25, 0.3) is 5.56 Å². The Bertz CT molecular complexity index is 629. The summed E-state index contributed by atoms with van der Waals surface area (Å²) in [5.41, 5.74) is 3.21. The fourth-order valence-corrected chi connectivity index (χ4v) is 2.60. The maximum atomic E-state index is 11.8. The van der Waals surface area contributed by atoms with E-state index in [1.54, 1.807) is 11.3 Å². The number of nitrogens with one attached hydrogen (secondary N) is 2. The number of hydrogen-bond donors (Lipinski definition) is 2. The number of hydrogen-bond acceptors (Lipinski definition) is 3. The van der Waals surface area contributed by atoms with Gasteiger partial charge < -0.3 is 10.3 Å². The topological polar surface area (TPSA) is 62.0 Å². The lowest BCUT2D eigenvalue weighted by Gasteiger charge is -2.07. The minimum Gasteiger partial charge on any atom is -0.352 e. The molecule has 0 spiro atoms. The van der Waals surface area contributed by atoms with Crippen LogP contribution in [0.5, 0.6) is 0 Å². The van der Waals surface area contributed by atoms with Gasteiger partial charge in [0.05, 0.1) is 6.42 Å². The summed E-state index contributed by atoms with van der Waals surface area (Å²) in [6.45, 7) is 3.99. The Hall–Kier alpha value is -1.88. The Balaban J connectivity index is 1.99. The van der Waals surface area contributed by atoms with Crippen LogP contribution in [0.15, 0.2) is 27.7 Å². The first-order valence-corrected chi connectivity index (χ1v) is 6.97. The van der Waals surface area contributed by atoms with Crippen molar-refractivity contribution in [2.75, 3.05) is 0 Å². The Kier molecular flexibility index (Phi) is 4.16. The Morgan fingerprint density at radius 3 is 2.84 bits per heavy atom. The van der Waals surface area contributed by atoms with E-state index in [1.807, 2.05) is 36.7 Å². The largest absolute Gasteiger partial charge is 0.352 e. The number of aromatic nitrogens is 1. The van der Waals surface area contributed by atoms with Gasteiger partial charge >= 0.3 is 0 Å². The number of rotatable bonds is 4. The monoisotopic (exact) mass is 276 g/mol. The van der Waals surface area contributed by atoms with Gasteiger partial charge in [0.1, 0.15) is 0 Å². The molecule has 0 fully saturated rings. The predicted molar refractivity (Wildman–Crippen MR) is 76.4 cm³/mol. The first-order chi connectivity index (χ1) is 9.06. The molecule has 0 aliphatic carbocycles. The van der Waals surface area contributed by atoms with E-state index in [0.29, 0.717) is 12.0 Å². The second-order valence-electron chi connectivity index (χ2n) is 4.53. The van der Waals surface area contributed by atoms with E-state index < -0.39 is 0 Å². The third-order valence-electron chi connectivity index (χ3n) is 2.90. The fraction of sp³-hybridized carbons (Fsp3) is 0.286. The Morgan fingerprint density at radius 2 is 2.21 bits per heavy atom. The van der Waals surface area contributed by atoms with Gasteiger partial charge in [-0.2, -0.15) is 11.3 Å². The molecule has 0 unspecified atom stereocenters. The summed E-state index contributed by atoms with van der Waals surface area (Å²) in [5.74, 6) is -0.0715. The van der Waals surface area contributed by atoms with Crippen molar-refractivity contribution in [3.63, 3.8) is 0 Å². The summed E-state index contributed by atoms with van der Waals surface area (Å²) in [6.07, 6.45) is 0.353. The van der Waals surface area contributed by atoms with Crippen LogP contribution in [0.25, 0.3) is 0 Å². The number of carbonyl (C=O) groups is 1. The van der Waals surface area contributed by atoms with Gasteiger partial charge in [-0.05, 0) is 47.9 Å². The summed E-state index contributed by atoms with van der Waals surface area (Å²) in [6, 6.07) is 3.83. The van der Waals surface area contributed by atoms with E-state index in [4.69, 9.17) is 0 Å². The number of thiophene rings is 1. The van der Waals surface area contributed by atoms with Crippen molar-refractivity contribution in [1.82, 2.24) is 10.3 Å². The molecule has 2 heterocycles. The van der Waals surface area contributed by atoms with E-state index in [-0.39, 0.29) is 18.0 Å². The molecule has 4 nitrogen and oxygen atoms in total. The lowest BCUT2D eigenvalue weighted by atomic mass is 10.1. The lowest BCUT2D eigenvalue weighted by Crippen LogP contribution is -2.28. The maximum Gasteiger partial charge on any atom is 0.253 e. The molecule has 0 saturated carbocycles. The molecule has 100 valence electrons. The average Bonchev–Trinajstić information content (AvgIpc) is 2.80. The van der Waals surface area contributed by atoms with Crippen LogP contribution in [0, 0.1) is 13.8 Å². The van der Waals surface area contributed by atoms with Crippen LogP contribution in [-0.2, 0) is 17.8 Å². The highest BCUT2D eigenvalue weighted by Gasteiger charge is 2.08. The molecule has 2 N–H and O–H groups in total. The lowest BCUT2D eigenvalue weighted by molar-refractivity contribution is -0.120. The van der Waals surface area contributed by atoms with E-state index >= 15 is 0 Å². The third-order valence-corrected chi connectivity index (χ3v) is 3.63. The van der Waals surface area contributed by atoms with Crippen LogP contribution in [-0.4, -0.2) is 10.9 Å². The highest BCUT2D eigenvalue weighted by molar-refractivity contribution is 7.07. The molecule has 0 saturated heterocycles. The highest BCUT2D eigenvalue weighted by atomic mass is 32.1. The van der Waals surface area contributed by atoms with Crippen molar-refractivity contribution >= 4 is 17.2 Å². The van der Waals surface area contributed by atoms with E-state index in [0.717, 1.165) is 16.8 Å². The maximum absolute atomic E-state index is 11.8. The molecule has 19 heavy (non-hydrogen) atoms. The number of amides is 1. The molecular weight excluding hydrogens is 260 g/mol. The first-order valence-electron chi connectivity index (χ1n) is 6.03. The molecule has 0 aliphatic heterocycles. The van der Waals surface area contributed by atoms with Gasteiger partial charge in [-0.25, -0.2) is 0 Å². The van der Waals surface area contributed by atoms with Crippen molar-refractivity contribution in [2.45, 2.75) is 26.8 Å². The summed E-state index contributed by atoms with van der Waals surface area (Å²) in [4.78, 5) is 26.3. The van der Waals surface area contributed by atoms with E-state index in [9.17, 15) is 9.59 Å². The zero-order chi connectivity index (χ0) is 13.8. The van der Waals surface area contributed by atoms with Crippen molar-refractivity contribution in [1.29, 1.82) is 0 Å². The summed E-state index contributed by atoms with van der Waals surface area (Å²) in [5, 5.41) is 6.67. The number of aromatic amines is 1. The third kappa shape index (κ3) is 3.54. The summed E-state index contributed by atoms with van der Waals surface area (Å²) in [7, 11) is 0. The number of aryl methyl sites for hydroxylation is 2. The predicted octanol–water partition coefficient (Wildman–Crippen LogP) is 1.91. The van der Waals surface area contributed by atoms with Crippen molar-refractivity contribution < 1.29 is 4.79 Å². The Morgan fingerprint density at radius 1 is 1.42 bits per heavy atom. The molecule has 0 atom stereocenters. The number of H-pyrrole nitrogens is 1. The minimum atomic E-state index is -0.131. The van der Waals surface area contributed by atoms with Gasteiger partial charge in [0.2, 0.25) is 5.91 Å². The van der Waals surface area contributed by atoms with Gasteiger partial charge in [-0.15, -0.1) is 0 Å². The zero-order valence-electron chi connectivity index (χ0n) is 10.9. The van der Waals surface area contributed by atoms with Crippen LogP contribution < -0.4 is 10.9 Å². The van der Waals surface area contributed by atoms with Gasteiger partial charge in [0.15, 0.2) is 0 Å². The normalized spacial score (nSPS) is 10.4.